The number of fused-ring (bicyclic) bond motifs is 1. The van der Waals surface area contributed by atoms with Crippen LogP contribution in [0.2, 0.25) is 0 Å². The molecule has 0 spiro atoms. The smallest absolute Gasteiger partial charge is 0.267 e. The summed E-state index contributed by atoms with van der Waals surface area (Å²) < 4.78 is 2.06. The molecule has 6 nitrogen and oxygen atoms in total. The quantitative estimate of drug-likeness (QED) is 0.304. The van der Waals surface area contributed by atoms with Crippen LogP contribution in [-0.2, 0) is 11.3 Å². The van der Waals surface area contributed by atoms with Crippen molar-refractivity contribution in [3.63, 3.8) is 0 Å². The minimum Gasteiger partial charge on any atom is -0.356 e. The van der Waals surface area contributed by atoms with Crippen LogP contribution in [0.15, 0.2) is 52.3 Å². The van der Waals surface area contributed by atoms with Crippen molar-refractivity contribution in [2.24, 2.45) is 0 Å². The maximum atomic E-state index is 13.7. The average Bonchev–Trinajstić information content (AvgIpc) is 3.10. The van der Waals surface area contributed by atoms with Gasteiger partial charge in [0.15, 0.2) is 0 Å². The summed E-state index contributed by atoms with van der Waals surface area (Å²) in [4.78, 5) is 36.2. The van der Waals surface area contributed by atoms with Gasteiger partial charge in [0, 0.05) is 19.3 Å². The zero-order valence-electron chi connectivity index (χ0n) is 20.6. The van der Waals surface area contributed by atoms with Crippen LogP contribution in [0.5, 0.6) is 0 Å². The largest absolute Gasteiger partial charge is 0.356 e. The van der Waals surface area contributed by atoms with Gasteiger partial charge in [-0.1, -0.05) is 73.7 Å². The molecular formula is C27H30N4O2S2. The second kappa shape index (κ2) is 10.7. The highest BCUT2D eigenvalue weighted by molar-refractivity contribution is 8.26. The normalized spacial score (nSPS) is 15.0. The third kappa shape index (κ3) is 5.18. The second-order valence-corrected chi connectivity index (χ2v) is 10.5. The topological polar surface area (TPSA) is 57.9 Å². The Morgan fingerprint density at radius 3 is 2.40 bits per heavy atom. The molecule has 1 aliphatic rings. The number of hydrogen-bond donors (Lipinski definition) is 0. The molecule has 4 rings (SSSR count). The highest BCUT2D eigenvalue weighted by Gasteiger charge is 2.33. The molecule has 1 amide bonds. The fourth-order valence-electron chi connectivity index (χ4n) is 4.17. The number of carbonyl (C=O) groups excluding carboxylic acids is 1. The van der Waals surface area contributed by atoms with E-state index in [9.17, 15) is 9.59 Å². The molecule has 1 aromatic carbocycles. The van der Waals surface area contributed by atoms with Crippen molar-refractivity contribution in [1.82, 2.24) is 14.3 Å². The number of amides is 1. The summed E-state index contributed by atoms with van der Waals surface area (Å²) in [5, 5.41) is 0. The van der Waals surface area contributed by atoms with E-state index < -0.39 is 0 Å². The molecule has 8 heteroatoms. The lowest BCUT2D eigenvalue weighted by atomic mass is 10.1. The third-order valence-electron chi connectivity index (χ3n) is 5.96. The van der Waals surface area contributed by atoms with E-state index in [0.717, 1.165) is 42.6 Å². The molecule has 35 heavy (non-hydrogen) atoms. The standard InChI is InChI=1S/C27H30N4O2S2/c1-5-13-29(14-6-2)24-21(25(32)30-15-7-8-19(4)23(30)28-24)16-22-26(33)31(27(34)35-22)17-20-11-9-18(3)10-12-20/h7-12,15-16H,5-6,13-14,17H2,1-4H3. The zero-order valence-corrected chi connectivity index (χ0v) is 22.2. The Morgan fingerprint density at radius 1 is 1.06 bits per heavy atom. The molecule has 0 radical (unpaired) electrons. The lowest BCUT2D eigenvalue weighted by Gasteiger charge is -2.25. The van der Waals surface area contributed by atoms with Crippen molar-refractivity contribution in [2.75, 3.05) is 18.0 Å². The van der Waals surface area contributed by atoms with Crippen LogP contribution < -0.4 is 10.5 Å². The number of thioether (sulfide) groups is 1. The first-order valence-corrected chi connectivity index (χ1v) is 13.1. The first kappa shape index (κ1) is 25.1. The second-order valence-electron chi connectivity index (χ2n) is 8.78. The molecule has 3 aromatic rings. The van der Waals surface area contributed by atoms with Crippen LogP contribution in [-0.4, -0.2) is 37.6 Å². The van der Waals surface area contributed by atoms with Gasteiger partial charge in [-0.05, 0) is 50.0 Å². The number of hydrogen-bond acceptors (Lipinski definition) is 6. The summed E-state index contributed by atoms with van der Waals surface area (Å²) >= 11 is 6.79. The highest BCUT2D eigenvalue weighted by atomic mass is 32.2. The summed E-state index contributed by atoms with van der Waals surface area (Å²) in [5.74, 6) is 0.439. The predicted molar refractivity (Wildman–Crippen MR) is 149 cm³/mol. The number of carbonyl (C=O) groups is 1. The van der Waals surface area contributed by atoms with Crippen molar-refractivity contribution in [1.29, 1.82) is 0 Å². The van der Waals surface area contributed by atoms with E-state index in [2.05, 4.69) is 18.7 Å². The number of benzene rings is 1. The Hall–Kier alpha value is -2.97. The van der Waals surface area contributed by atoms with Crippen LogP contribution in [0.3, 0.4) is 0 Å². The van der Waals surface area contributed by atoms with Crippen molar-refractivity contribution < 1.29 is 4.79 Å². The van der Waals surface area contributed by atoms with E-state index in [4.69, 9.17) is 17.2 Å². The molecule has 1 fully saturated rings. The number of anilines is 1. The average molecular weight is 507 g/mol. The molecule has 3 heterocycles. The van der Waals surface area contributed by atoms with Crippen LogP contribution >= 0.6 is 24.0 Å². The lowest BCUT2D eigenvalue weighted by Crippen LogP contribution is -2.31. The monoisotopic (exact) mass is 506 g/mol. The molecule has 1 saturated heterocycles. The first-order valence-electron chi connectivity index (χ1n) is 11.9. The van der Waals surface area contributed by atoms with E-state index in [1.807, 2.05) is 50.2 Å². The molecule has 0 bridgehead atoms. The van der Waals surface area contributed by atoms with Gasteiger partial charge in [0.1, 0.15) is 15.8 Å². The van der Waals surface area contributed by atoms with Crippen molar-refractivity contribution in [2.45, 2.75) is 47.1 Å². The maximum absolute atomic E-state index is 13.7. The molecule has 0 N–H and O–H groups in total. The third-order valence-corrected chi connectivity index (χ3v) is 7.34. The van der Waals surface area contributed by atoms with Crippen LogP contribution in [0.4, 0.5) is 5.82 Å². The van der Waals surface area contributed by atoms with Gasteiger partial charge in [-0.2, -0.15) is 0 Å². The van der Waals surface area contributed by atoms with Crippen LogP contribution in [0.1, 0.15) is 48.9 Å². The molecule has 0 saturated carbocycles. The van der Waals surface area contributed by atoms with Gasteiger partial charge in [-0.3, -0.25) is 18.9 Å². The lowest BCUT2D eigenvalue weighted by molar-refractivity contribution is -0.122. The number of nitrogens with zero attached hydrogens (tertiary/aromatic N) is 4. The number of pyridine rings is 1. The van der Waals surface area contributed by atoms with E-state index >= 15 is 0 Å². The van der Waals surface area contributed by atoms with E-state index in [1.165, 1.54) is 11.8 Å². The Balaban J connectivity index is 1.80. The summed E-state index contributed by atoms with van der Waals surface area (Å²) in [6.07, 6.45) is 5.26. The van der Waals surface area contributed by atoms with Gasteiger partial charge in [0.25, 0.3) is 11.5 Å². The van der Waals surface area contributed by atoms with E-state index in [1.54, 1.807) is 21.6 Å². The number of rotatable bonds is 8. The fourth-order valence-corrected chi connectivity index (χ4v) is 5.41. The van der Waals surface area contributed by atoms with Gasteiger partial charge in [-0.25, -0.2) is 4.98 Å². The number of aryl methyl sites for hydroxylation is 2. The molecule has 182 valence electrons. The molecule has 0 unspecified atom stereocenters. The molecule has 0 aliphatic carbocycles. The van der Waals surface area contributed by atoms with Gasteiger partial charge in [0.05, 0.1) is 17.0 Å². The van der Waals surface area contributed by atoms with Gasteiger partial charge in [0.2, 0.25) is 0 Å². The summed E-state index contributed by atoms with van der Waals surface area (Å²) in [5.41, 5.74) is 3.97. The Kier molecular flexibility index (Phi) is 7.72. The number of aromatic nitrogens is 2. The Bertz CT molecular complexity index is 1360. The Morgan fingerprint density at radius 2 is 1.74 bits per heavy atom. The minimum absolute atomic E-state index is 0.183. The first-order chi connectivity index (χ1) is 16.8. The van der Waals surface area contributed by atoms with Crippen LogP contribution in [0.25, 0.3) is 11.7 Å². The van der Waals surface area contributed by atoms with E-state index in [-0.39, 0.29) is 11.5 Å². The minimum atomic E-state index is -0.185. The van der Waals surface area contributed by atoms with Crippen molar-refractivity contribution >= 4 is 51.7 Å². The van der Waals surface area contributed by atoms with Gasteiger partial charge >= 0.3 is 0 Å². The summed E-state index contributed by atoms with van der Waals surface area (Å²) in [7, 11) is 0. The number of thiocarbonyl (C=S) groups is 1. The van der Waals surface area contributed by atoms with E-state index in [0.29, 0.717) is 32.8 Å². The maximum Gasteiger partial charge on any atom is 0.267 e. The highest BCUT2D eigenvalue weighted by Crippen LogP contribution is 2.34. The molecule has 1 aliphatic heterocycles. The molecule has 0 atom stereocenters. The van der Waals surface area contributed by atoms with Crippen molar-refractivity contribution in [3.05, 3.63) is 80.1 Å². The zero-order chi connectivity index (χ0) is 25.1. The fraction of sp³-hybridized carbons (Fsp3) is 0.333. The summed E-state index contributed by atoms with van der Waals surface area (Å²) in [6, 6.07) is 11.8. The predicted octanol–water partition coefficient (Wildman–Crippen LogP) is 5.34. The molecule has 2 aromatic heterocycles. The Labute approximate surface area is 215 Å². The SMILES string of the molecule is CCCN(CCC)c1nc2c(C)cccn2c(=O)c1C=C1SC(=S)N(Cc2ccc(C)cc2)C1=O. The van der Waals surface area contributed by atoms with Crippen LogP contribution in [0, 0.1) is 13.8 Å². The van der Waals surface area contributed by atoms with Crippen molar-refractivity contribution in [3.8, 4) is 0 Å². The molecular weight excluding hydrogens is 476 g/mol. The van der Waals surface area contributed by atoms with Gasteiger partial charge < -0.3 is 4.90 Å². The van der Waals surface area contributed by atoms with Gasteiger partial charge in [-0.15, -0.1) is 0 Å². The summed E-state index contributed by atoms with van der Waals surface area (Å²) in [6.45, 7) is 10.2.